The van der Waals surface area contributed by atoms with Crippen LogP contribution in [0.3, 0.4) is 0 Å². The Morgan fingerprint density at radius 1 is 1.52 bits per heavy atom. The monoisotopic (exact) mass is 298 g/mol. The van der Waals surface area contributed by atoms with E-state index in [1.165, 1.54) is 4.90 Å². The Kier molecular flexibility index (Phi) is 3.93. The van der Waals surface area contributed by atoms with E-state index >= 15 is 0 Å². The van der Waals surface area contributed by atoms with E-state index in [2.05, 4.69) is 10.4 Å². The third-order valence-corrected chi connectivity index (χ3v) is 4.29. The predicted octanol–water partition coefficient (Wildman–Crippen LogP) is 0.979. The SMILES string of the molecule is Cn1cc([C@H]2CNC[C@@H]2C(=O)N(CC(F)F)C2CC2)cn1. The summed E-state index contributed by atoms with van der Waals surface area (Å²) in [6, 6.07) is 0.0154. The van der Waals surface area contributed by atoms with Crippen LogP contribution in [0.25, 0.3) is 0 Å². The summed E-state index contributed by atoms with van der Waals surface area (Å²) in [5, 5.41) is 7.35. The van der Waals surface area contributed by atoms with Gasteiger partial charge >= 0.3 is 0 Å². The van der Waals surface area contributed by atoms with E-state index in [-0.39, 0.29) is 23.8 Å². The number of amides is 1. The average Bonchev–Trinajstić information content (AvgIpc) is 2.99. The van der Waals surface area contributed by atoms with Crippen molar-refractivity contribution >= 4 is 5.91 Å². The fourth-order valence-electron chi connectivity index (χ4n) is 3.09. The fraction of sp³-hybridized carbons (Fsp3) is 0.714. The van der Waals surface area contributed by atoms with Crippen molar-refractivity contribution in [3.8, 4) is 0 Å². The summed E-state index contributed by atoms with van der Waals surface area (Å²) in [6.45, 7) is 0.792. The highest BCUT2D eigenvalue weighted by molar-refractivity contribution is 5.81. The van der Waals surface area contributed by atoms with Crippen molar-refractivity contribution in [2.24, 2.45) is 13.0 Å². The molecule has 116 valence electrons. The Balaban J connectivity index is 1.75. The molecular weight excluding hydrogens is 278 g/mol. The third kappa shape index (κ3) is 3.07. The molecule has 0 aromatic carbocycles. The van der Waals surface area contributed by atoms with Crippen molar-refractivity contribution in [2.75, 3.05) is 19.6 Å². The summed E-state index contributed by atoms with van der Waals surface area (Å²) in [5.74, 6) is -0.393. The first-order valence-corrected chi connectivity index (χ1v) is 7.34. The minimum Gasteiger partial charge on any atom is -0.334 e. The number of hydrogen-bond donors (Lipinski definition) is 1. The Labute approximate surface area is 122 Å². The summed E-state index contributed by atoms with van der Waals surface area (Å²) in [4.78, 5) is 14.1. The van der Waals surface area contributed by atoms with Gasteiger partial charge in [0.2, 0.25) is 5.91 Å². The Morgan fingerprint density at radius 2 is 2.29 bits per heavy atom. The van der Waals surface area contributed by atoms with E-state index in [0.29, 0.717) is 13.1 Å². The first-order chi connectivity index (χ1) is 10.1. The van der Waals surface area contributed by atoms with Gasteiger partial charge in [0, 0.05) is 38.3 Å². The van der Waals surface area contributed by atoms with Gasteiger partial charge in [0.15, 0.2) is 0 Å². The number of carbonyl (C=O) groups is 1. The van der Waals surface area contributed by atoms with Crippen LogP contribution in [0.1, 0.15) is 24.3 Å². The van der Waals surface area contributed by atoms with Gasteiger partial charge in [0.1, 0.15) is 0 Å². The van der Waals surface area contributed by atoms with Crippen LogP contribution in [-0.2, 0) is 11.8 Å². The van der Waals surface area contributed by atoms with E-state index in [1.54, 1.807) is 10.9 Å². The Morgan fingerprint density at radius 3 is 2.86 bits per heavy atom. The van der Waals surface area contributed by atoms with E-state index in [1.807, 2.05) is 13.2 Å². The highest BCUT2D eigenvalue weighted by Crippen LogP contribution is 2.34. The van der Waals surface area contributed by atoms with Crippen LogP contribution >= 0.6 is 0 Å². The lowest BCUT2D eigenvalue weighted by atomic mass is 9.89. The summed E-state index contributed by atoms with van der Waals surface area (Å²) >= 11 is 0. The van der Waals surface area contributed by atoms with Crippen molar-refractivity contribution in [3.63, 3.8) is 0 Å². The maximum absolute atomic E-state index is 12.7. The number of halogens is 2. The molecule has 0 spiro atoms. The van der Waals surface area contributed by atoms with Gasteiger partial charge in [-0.05, 0) is 18.4 Å². The molecule has 1 aromatic rings. The van der Waals surface area contributed by atoms with Gasteiger partial charge in [0.25, 0.3) is 6.43 Å². The van der Waals surface area contributed by atoms with Crippen LogP contribution in [0.15, 0.2) is 12.4 Å². The molecule has 2 fully saturated rings. The average molecular weight is 298 g/mol. The summed E-state index contributed by atoms with van der Waals surface area (Å²) < 4.78 is 27.1. The number of rotatable bonds is 5. The second-order valence-electron chi connectivity index (χ2n) is 5.93. The van der Waals surface area contributed by atoms with Crippen molar-refractivity contribution in [2.45, 2.75) is 31.2 Å². The molecule has 0 radical (unpaired) electrons. The van der Waals surface area contributed by atoms with E-state index in [9.17, 15) is 13.6 Å². The predicted molar refractivity (Wildman–Crippen MR) is 73.0 cm³/mol. The number of alkyl halides is 2. The van der Waals surface area contributed by atoms with Gasteiger partial charge in [-0.2, -0.15) is 5.10 Å². The van der Waals surface area contributed by atoms with Crippen LogP contribution in [0.4, 0.5) is 8.78 Å². The highest BCUT2D eigenvalue weighted by Gasteiger charge is 2.42. The number of hydrogen-bond acceptors (Lipinski definition) is 3. The first-order valence-electron chi connectivity index (χ1n) is 7.34. The molecule has 2 aliphatic rings. The lowest BCUT2D eigenvalue weighted by Gasteiger charge is -2.27. The number of nitrogens with zero attached hydrogens (tertiary/aromatic N) is 3. The summed E-state index contributed by atoms with van der Waals surface area (Å²) in [6.07, 6.45) is 2.87. The molecular formula is C14H20F2N4O. The zero-order valence-corrected chi connectivity index (χ0v) is 12.0. The molecule has 5 nitrogen and oxygen atoms in total. The number of aryl methyl sites for hydroxylation is 1. The molecule has 1 amide bonds. The first kappa shape index (κ1) is 14.4. The quantitative estimate of drug-likeness (QED) is 0.881. The lowest BCUT2D eigenvalue weighted by Crippen LogP contribution is -2.42. The minimum atomic E-state index is -2.47. The van der Waals surface area contributed by atoms with Gasteiger partial charge in [-0.3, -0.25) is 9.48 Å². The van der Waals surface area contributed by atoms with E-state index < -0.39 is 13.0 Å². The maximum atomic E-state index is 12.7. The van der Waals surface area contributed by atoms with Crippen LogP contribution in [-0.4, -0.2) is 52.7 Å². The van der Waals surface area contributed by atoms with Crippen LogP contribution in [0.2, 0.25) is 0 Å². The maximum Gasteiger partial charge on any atom is 0.255 e. The van der Waals surface area contributed by atoms with Crippen LogP contribution < -0.4 is 5.32 Å². The number of nitrogens with one attached hydrogen (secondary N) is 1. The molecule has 2 atom stereocenters. The Bertz CT molecular complexity index is 515. The second kappa shape index (κ2) is 5.71. The molecule has 1 N–H and O–H groups in total. The summed E-state index contributed by atoms with van der Waals surface area (Å²) in [7, 11) is 1.83. The molecule has 1 saturated heterocycles. The molecule has 0 unspecified atom stereocenters. The molecule has 1 aromatic heterocycles. The van der Waals surface area contributed by atoms with E-state index in [0.717, 1.165) is 18.4 Å². The molecule has 21 heavy (non-hydrogen) atoms. The normalized spacial score (nSPS) is 25.5. The standard InChI is InChI=1S/C14H20F2N4O/c1-19-7-9(4-18-19)11-5-17-6-12(11)14(21)20(8-13(15)16)10-2-3-10/h4,7,10-13,17H,2-3,5-6,8H2,1H3/t11-,12+/m1/s1. The molecule has 2 heterocycles. The van der Waals surface area contributed by atoms with Gasteiger partial charge in [-0.25, -0.2) is 8.78 Å². The lowest BCUT2D eigenvalue weighted by molar-refractivity contribution is -0.138. The van der Waals surface area contributed by atoms with Gasteiger partial charge in [-0.15, -0.1) is 0 Å². The highest BCUT2D eigenvalue weighted by atomic mass is 19.3. The minimum absolute atomic E-state index is 0.0154. The topological polar surface area (TPSA) is 50.2 Å². The van der Waals surface area contributed by atoms with Crippen molar-refractivity contribution in [1.29, 1.82) is 0 Å². The number of aromatic nitrogens is 2. The van der Waals surface area contributed by atoms with Crippen LogP contribution in [0, 0.1) is 5.92 Å². The summed E-state index contributed by atoms with van der Waals surface area (Å²) in [5.41, 5.74) is 0.994. The number of carbonyl (C=O) groups excluding carboxylic acids is 1. The molecule has 3 rings (SSSR count). The van der Waals surface area contributed by atoms with Crippen LogP contribution in [0.5, 0.6) is 0 Å². The zero-order valence-electron chi connectivity index (χ0n) is 12.0. The largest absolute Gasteiger partial charge is 0.334 e. The smallest absolute Gasteiger partial charge is 0.255 e. The zero-order chi connectivity index (χ0) is 15.0. The van der Waals surface area contributed by atoms with Crippen molar-refractivity contribution < 1.29 is 13.6 Å². The molecule has 1 aliphatic heterocycles. The molecule has 7 heteroatoms. The van der Waals surface area contributed by atoms with E-state index in [4.69, 9.17) is 0 Å². The molecule has 1 aliphatic carbocycles. The Hall–Kier alpha value is -1.50. The van der Waals surface area contributed by atoms with Gasteiger partial charge in [-0.1, -0.05) is 0 Å². The van der Waals surface area contributed by atoms with Gasteiger partial charge < -0.3 is 10.2 Å². The van der Waals surface area contributed by atoms with Crippen molar-refractivity contribution in [1.82, 2.24) is 20.0 Å². The second-order valence-corrected chi connectivity index (χ2v) is 5.93. The molecule has 1 saturated carbocycles. The third-order valence-electron chi connectivity index (χ3n) is 4.29. The van der Waals surface area contributed by atoms with Gasteiger partial charge in [0.05, 0.1) is 18.7 Å². The van der Waals surface area contributed by atoms with Crippen molar-refractivity contribution in [3.05, 3.63) is 18.0 Å². The fourth-order valence-corrected chi connectivity index (χ4v) is 3.09. The molecule has 0 bridgehead atoms.